The van der Waals surface area contributed by atoms with Crippen molar-refractivity contribution < 1.29 is 9.53 Å². The lowest BCUT2D eigenvalue weighted by Gasteiger charge is -2.44. The van der Waals surface area contributed by atoms with Crippen LogP contribution in [0.5, 0.6) is 0 Å². The molecule has 166 valence electrons. The molecule has 0 spiro atoms. The molecule has 2 bridgehead atoms. The van der Waals surface area contributed by atoms with Gasteiger partial charge in [-0.25, -0.2) is 0 Å². The van der Waals surface area contributed by atoms with E-state index in [0.717, 1.165) is 43.1 Å². The minimum Gasteiger partial charge on any atom is -0.378 e. The Morgan fingerprint density at radius 2 is 1.75 bits per heavy atom. The highest BCUT2D eigenvalue weighted by molar-refractivity contribution is 7.21. The predicted octanol–water partition coefficient (Wildman–Crippen LogP) is 4.23. The Balaban J connectivity index is 1.31. The van der Waals surface area contributed by atoms with Crippen LogP contribution in [-0.4, -0.2) is 62.8 Å². The zero-order valence-electron chi connectivity index (χ0n) is 18.3. The average Bonchev–Trinajstić information content (AvgIpc) is 3.30. The highest BCUT2D eigenvalue weighted by Gasteiger charge is 2.35. The number of morpholine rings is 1. The minimum atomic E-state index is 0.0809. The number of hydrogen-bond acceptors (Lipinski definition) is 5. The van der Waals surface area contributed by atoms with Gasteiger partial charge in [0.25, 0.3) is 5.91 Å². The first-order valence-corrected chi connectivity index (χ1v) is 12.6. The van der Waals surface area contributed by atoms with E-state index in [1.165, 1.54) is 47.4 Å². The number of benzene rings is 2. The van der Waals surface area contributed by atoms with Gasteiger partial charge in [-0.05, 0) is 49.4 Å². The third-order valence-corrected chi connectivity index (χ3v) is 8.47. The molecule has 1 amide bonds. The normalized spacial score (nSPS) is 25.2. The number of ether oxygens (including phenoxy) is 1. The van der Waals surface area contributed by atoms with Crippen LogP contribution in [0.3, 0.4) is 0 Å². The van der Waals surface area contributed by atoms with Crippen LogP contribution in [0.1, 0.15) is 22.5 Å². The number of para-hydroxylation sites is 1. The van der Waals surface area contributed by atoms with E-state index >= 15 is 0 Å². The van der Waals surface area contributed by atoms with E-state index in [9.17, 15) is 4.79 Å². The molecule has 7 rings (SSSR count). The summed E-state index contributed by atoms with van der Waals surface area (Å²) in [6.45, 7) is 6.72. The molecule has 0 saturated carbocycles. The third-order valence-electron chi connectivity index (χ3n) is 7.29. The van der Waals surface area contributed by atoms with E-state index in [4.69, 9.17) is 4.74 Å². The molecule has 32 heavy (non-hydrogen) atoms. The maximum Gasteiger partial charge on any atom is 0.261 e. The summed E-state index contributed by atoms with van der Waals surface area (Å²) in [6, 6.07) is 17.4. The molecule has 4 aliphatic heterocycles. The Morgan fingerprint density at radius 3 is 2.53 bits per heavy atom. The van der Waals surface area contributed by atoms with E-state index < -0.39 is 0 Å². The van der Waals surface area contributed by atoms with Crippen molar-refractivity contribution in [1.82, 2.24) is 10.2 Å². The molecule has 4 saturated heterocycles. The second-order valence-corrected chi connectivity index (χ2v) is 10.2. The van der Waals surface area contributed by atoms with Crippen molar-refractivity contribution in [3.05, 3.63) is 53.4 Å². The van der Waals surface area contributed by atoms with Gasteiger partial charge in [-0.1, -0.05) is 36.4 Å². The largest absolute Gasteiger partial charge is 0.378 e. The molecule has 5 heterocycles. The first kappa shape index (κ1) is 20.2. The summed E-state index contributed by atoms with van der Waals surface area (Å²) in [6.07, 6.45) is 2.42. The number of hydrogen-bond donors (Lipinski definition) is 1. The van der Waals surface area contributed by atoms with Crippen molar-refractivity contribution in [1.29, 1.82) is 0 Å². The summed E-state index contributed by atoms with van der Waals surface area (Å²) in [5.74, 6) is 0.714. The molecule has 0 radical (unpaired) electrons. The number of amides is 1. The molecule has 4 aliphatic rings. The van der Waals surface area contributed by atoms with E-state index in [1.54, 1.807) is 11.3 Å². The average molecular weight is 448 g/mol. The number of carbonyl (C=O) groups is 1. The van der Waals surface area contributed by atoms with Crippen LogP contribution < -0.4 is 10.2 Å². The molecule has 1 N–H and O–H groups in total. The topological polar surface area (TPSA) is 44.8 Å². The second-order valence-electron chi connectivity index (χ2n) is 9.17. The molecule has 1 aromatic heterocycles. The number of nitrogens with zero attached hydrogens (tertiary/aromatic N) is 2. The van der Waals surface area contributed by atoms with Gasteiger partial charge >= 0.3 is 0 Å². The zero-order valence-corrected chi connectivity index (χ0v) is 19.1. The molecule has 3 aromatic rings. The quantitative estimate of drug-likeness (QED) is 0.650. The standard InChI is InChI=1S/C26H29N3O2S/c30-26(27-22-17-28-10-8-18(22)9-11-28)24-16-19-4-3-6-21(25(19)32-24)20-5-1-2-7-23(20)29-12-14-31-15-13-29/h1-7,16,18,22H,8-15,17H2,(H,27,30)/t22-/m0/s1. The molecule has 2 aromatic carbocycles. The molecule has 6 heteroatoms. The fourth-order valence-electron chi connectivity index (χ4n) is 5.54. The van der Waals surface area contributed by atoms with Gasteiger partial charge in [-0.15, -0.1) is 11.3 Å². The van der Waals surface area contributed by atoms with Crippen molar-refractivity contribution in [3.63, 3.8) is 0 Å². The summed E-state index contributed by atoms with van der Waals surface area (Å²) >= 11 is 1.62. The van der Waals surface area contributed by atoms with E-state index in [2.05, 4.69) is 63.6 Å². The van der Waals surface area contributed by atoms with E-state index in [0.29, 0.717) is 5.92 Å². The van der Waals surface area contributed by atoms with Gasteiger partial charge in [-0.2, -0.15) is 0 Å². The van der Waals surface area contributed by atoms with Crippen LogP contribution in [0.15, 0.2) is 48.5 Å². The lowest BCUT2D eigenvalue weighted by atomic mass is 9.84. The summed E-state index contributed by atoms with van der Waals surface area (Å²) in [5, 5.41) is 4.50. The Bertz CT molecular complexity index is 1130. The molecule has 1 atom stereocenters. The van der Waals surface area contributed by atoms with Gasteiger partial charge in [0.15, 0.2) is 0 Å². The maximum absolute atomic E-state index is 13.2. The Hall–Kier alpha value is -2.41. The monoisotopic (exact) mass is 447 g/mol. The summed E-state index contributed by atoms with van der Waals surface area (Å²) in [4.78, 5) is 18.9. The van der Waals surface area contributed by atoms with Crippen molar-refractivity contribution in [3.8, 4) is 11.1 Å². The molecular weight excluding hydrogens is 418 g/mol. The first-order valence-electron chi connectivity index (χ1n) is 11.7. The predicted molar refractivity (Wildman–Crippen MR) is 131 cm³/mol. The van der Waals surface area contributed by atoms with Crippen molar-refractivity contribution >= 4 is 33.0 Å². The lowest BCUT2D eigenvalue weighted by Crippen LogP contribution is -2.57. The number of nitrogens with one attached hydrogen (secondary N) is 1. The SMILES string of the molecule is O=C(N[C@H]1CN2CCC1CC2)c1cc2cccc(-c3ccccc3N3CCOCC3)c2s1. The molecule has 4 fully saturated rings. The van der Waals surface area contributed by atoms with Crippen LogP contribution in [0.25, 0.3) is 21.2 Å². The number of anilines is 1. The van der Waals surface area contributed by atoms with Crippen LogP contribution in [0.4, 0.5) is 5.69 Å². The summed E-state index contributed by atoms with van der Waals surface area (Å²) < 4.78 is 6.75. The Labute approximate surface area is 193 Å². The van der Waals surface area contributed by atoms with Crippen LogP contribution in [0, 0.1) is 5.92 Å². The fraction of sp³-hybridized carbons (Fsp3) is 0.423. The van der Waals surface area contributed by atoms with Gasteiger partial charge < -0.3 is 19.9 Å². The summed E-state index contributed by atoms with van der Waals surface area (Å²) in [7, 11) is 0. The van der Waals surface area contributed by atoms with Crippen LogP contribution >= 0.6 is 11.3 Å². The number of fused-ring (bicyclic) bond motifs is 4. The van der Waals surface area contributed by atoms with Gasteiger partial charge in [-0.3, -0.25) is 4.79 Å². The van der Waals surface area contributed by atoms with Gasteiger partial charge in [0.2, 0.25) is 0 Å². The summed E-state index contributed by atoms with van der Waals surface area (Å²) in [5.41, 5.74) is 3.68. The van der Waals surface area contributed by atoms with Gasteiger partial charge in [0.1, 0.15) is 0 Å². The van der Waals surface area contributed by atoms with E-state index in [1.807, 2.05) is 0 Å². The number of carbonyl (C=O) groups excluding carboxylic acids is 1. The molecular formula is C26H29N3O2S. The maximum atomic E-state index is 13.2. The Kier molecular flexibility index (Phi) is 5.37. The van der Waals surface area contributed by atoms with Crippen LogP contribution in [0.2, 0.25) is 0 Å². The smallest absolute Gasteiger partial charge is 0.261 e. The highest BCUT2D eigenvalue weighted by atomic mass is 32.1. The number of thiophene rings is 1. The van der Waals surface area contributed by atoms with E-state index in [-0.39, 0.29) is 11.9 Å². The highest BCUT2D eigenvalue weighted by Crippen LogP contribution is 2.39. The van der Waals surface area contributed by atoms with Crippen molar-refractivity contribution in [2.45, 2.75) is 18.9 Å². The van der Waals surface area contributed by atoms with Gasteiger partial charge in [0, 0.05) is 47.2 Å². The third kappa shape index (κ3) is 3.70. The fourth-order valence-corrected chi connectivity index (χ4v) is 6.63. The van der Waals surface area contributed by atoms with Crippen molar-refractivity contribution in [2.75, 3.05) is 50.8 Å². The molecule has 5 nitrogen and oxygen atoms in total. The molecule has 0 unspecified atom stereocenters. The zero-order chi connectivity index (χ0) is 21.5. The minimum absolute atomic E-state index is 0.0809. The molecule has 0 aliphatic carbocycles. The number of piperidine rings is 3. The van der Waals surface area contributed by atoms with Crippen molar-refractivity contribution in [2.24, 2.45) is 5.92 Å². The Morgan fingerprint density at radius 1 is 0.969 bits per heavy atom. The van der Waals surface area contributed by atoms with Crippen LogP contribution in [-0.2, 0) is 4.74 Å². The number of rotatable bonds is 4. The second kappa shape index (κ2) is 8.50. The lowest BCUT2D eigenvalue weighted by molar-refractivity contribution is 0.0622. The van der Waals surface area contributed by atoms with Gasteiger partial charge in [0.05, 0.1) is 18.1 Å². The first-order chi connectivity index (χ1) is 15.8.